The Balaban J connectivity index is 1.58. The number of hydrogen-bond acceptors (Lipinski definition) is 3. The maximum Gasteiger partial charge on any atom is 0.0376 e. The molecule has 2 nitrogen and oxygen atoms in total. The van der Waals surface area contributed by atoms with Crippen LogP contribution in [0.5, 0.6) is 0 Å². The Bertz CT molecular complexity index is 533. The minimum absolute atomic E-state index is 0.597. The average Bonchev–Trinajstić information content (AvgIpc) is 2.97. The van der Waals surface area contributed by atoms with Crippen molar-refractivity contribution in [3.8, 4) is 0 Å². The molecular formula is C15H18N2S. The molecule has 94 valence electrons. The number of fused-ring (bicyclic) bond motifs is 1. The fraction of sp³-hybridized carbons (Fsp3) is 0.333. The van der Waals surface area contributed by atoms with Gasteiger partial charge in [0, 0.05) is 31.2 Å². The van der Waals surface area contributed by atoms with Gasteiger partial charge >= 0.3 is 0 Å². The molecule has 0 bridgehead atoms. The lowest BCUT2D eigenvalue weighted by molar-refractivity contribution is 0.613. The number of aryl methyl sites for hydroxylation is 1. The van der Waals surface area contributed by atoms with E-state index in [-0.39, 0.29) is 0 Å². The average molecular weight is 258 g/mol. The molecule has 18 heavy (non-hydrogen) atoms. The monoisotopic (exact) mass is 258 g/mol. The van der Waals surface area contributed by atoms with Gasteiger partial charge in [-0.3, -0.25) is 0 Å². The SMILES string of the molecule is Cc1cscc1CNCC1CNc2ccccc21. The second-order valence-corrected chi connectivity index (χ2v) is 5.62. The number of hydrogen-bond donors (Lipinski definition) is 2. The molecule has 0 spiro atoms. The van der Waals surface area contributed by atoms with Gasteiger partial charge in [0.2, 0.25) is 0 Å². The highest BCUT2D eigenvalue weighted by atomic mass is 32.1. The summed E-state index contributed by atoms with van der Waals surface area (Å²) in [6.07, 6.45) is 0. The molecule has 0 fully saturated rings. The zero-order chi connectivity index (χ0) is 12.4. The zero-order valence-electron chi connectivity index (χ0n) is 10.6. The quantitative estimate of drug-likeness (QED) is 0.878. The van der Waals surface area contributed by atoms with Gasteiger partial charge in [-0.2, -0.15) is 11.3 Å². The van der Waals surface area contributed by atoms with Crippen LogP contribution in [0.1, 0.15) is 22.6 Å². The lowest BCUT2D eigenvalue weighted by atomic mass is 10.0. The van der Waals surface area contributed by atoms with E-state index < -0.39 is 0 Å². The zero-order valence-corrected chi connectivity index (χ0v) is 11.4. The molecule has 0 saturated carbocycles. The summed E-state index contributed by atoms with van der Waals surface area (Å²) in [7, 11) is 0. The van der Waals surface area contributed by atoms with Crippen LogP contribution >= 0.6 is 11.3 Å². The van der Waals surface area contributed by atoms with Crippen LogP contribution in [0, 0.1) is 6.92 Å². The molecule has 0 radical (unpaired) electrons. The van der Waals surface area contributed by atoms with Crippen LogP contribution in [-0.2, 0) is 6.54 Å². The van der Waals surface area contributed by atoms with E-state index in [0.717, 1.165) is 19.6 Å². The van der Waals surface area contributed by atoms with Gasteiger partial charge in [-0.1, -0.05) is 18.2 Å². The van der Waals surface area contributed by atoms with Crippen molar-refractivity contribution in [1.29, 1.82) is 0 Å². The molecule has 1 atom stereocenters. The van der Waals surface area contributed by atoms with E-state index in [2.05, 4.69) is 52.6 Å². The second-order valence-electron chi connectivity index (χ2n) is 4.88. The molecule has 0 amide bonds. The van der Waals surface area contributed by atoms with Crippen LogP contribution in [0.4, 0.5) is 5.69 Å². The van der Waals surface area contributed by atoms with Gasteiger partial charge < -0.3 is 10.6 Å². The van der Waals surface area contributed by atoms with Crippen LogP contribution in [0.15, 0.2) is 35.0 Å². The number of thiophene rings is 1. The smallest absolute Gasteiger partial charge is 0.0376 e. The highest BCUT2D eigenvalue weighted by Gasteiger charge is 2.20. The first-order valence-electron chi connectivity index (χ1n) is 6.40. The van der Waals surface area contributed by atoms with Crippen LogP contribution in [0.2, 0.25) is 0 Å². The molecule has 2 N–H and O–H groups in total. The number of anilines is 1. The number of benzene rings is 1. The molecular weight excluding hydrogens is 240 g/mol. The summed E-state index contributed by atoms with van der Waals surface area (Å²) in [6, 6.07) is 8.62. The van der Waals surface area contributed by atoms with Crippen molar-refractivity contribution in [2.75, 3.05) is 18.4 Å². The van der Waals surface area contributed by atoms with E-state index in [1.807, 2.05) is 0 Å². The van der Waals surface area contributed by atoms with Crippen LogP contribution in [0.25, 0.3) is 0 Å². The Kier molecular flexibility index (Phi) is 3.35. The van der Waals surface area contributed by atoms with E-state index in [4.69, 9.17) is 0 Å². The molecule has 1 aliphatic heterocycles. The van der Waals surface area contributed by atoms with Gasteiger partial charge in [0.25, 0.3) is 0 Å². The van der Waals surface area contributed by atoms with Crippen LogP contribution in [-0.4, -0.2) is 13.1 Å². The maximum atomic E-state index is 3.58. The van der Waals surface area contributed by atoms with Crippen molar-refractivity contribution in [3.05, 3.63) is 51.7 Å². The Morgan fingerprint density at radius 1 is 1.33 bits per heavy atom. The lowest BCUT2D eigenvalue weighted by Gasteiger charge is -2.11. The van der Waals surface area contributed by atoms with Crippen molar-refractivity contribution in [3.63, 3.8) is 0 Å². The molecule has 2 heterocycles. The fourth-order valence-electron chi connectivity index (χ4n) is 2.49. The first-order valence-corrected chi connectivity index (χ1v) is 7.34. The largest absolute Gasteiger partial charge is 0.384 e. The minimum Gasteiger partial charge on any atom is -0.384 e. The Hall–Kier alpha value is -1.32. The molecule has 1 aromatic heterocycles. The number of nitrogens with one attached hydrogen (secondary N) is 2. The molecule has 0 aliphatic carbocycles. The van der Waals surface area contributed by atoms with E-state index in [1.54, 1.807) is 11.3 Å². The summed E-state index contributed by atoms with van der Waals surface area (Å²) in [5, 5.41) is 11.5. The molecule has 2 aromatic rings. The molecule has 3 heteroatoms. The summed E-state index contributed by atoms with van der Waals surface area (Å²) in [5.74, 6) is 0.597. The van der Waals surface area contributed by atoms with Crippen molar-refractivity contribution >= 4 is 17.0 Å². The molecule has 3 rings (SSSR count). The van der Waals surface area contributed by atoms with Crippen LogP contribution in [0.3, 0.4) is 0 Å². The topological polar surface area (TPSA) is 24.1 Å². The molecule has 0 saturated heterocycles. The summed E-state index contributed by atoms with van der Waals surface area (Å²) >= 11 is 1.79. The molecule has 1 unspecified atom stereocenters. The lowest BCUT2D eigenvalue weighted by Crippen LogP contribution is -2.22. The second kappa shape index (κ2) is 5.12. The Labute approximate surface area is 112 Å². The van der Waals surface area contributed by atoms with Gasteiger partial charge in [0.05, 0.1) is 0 Å². The van der Waals surface area contributed by atoms with E-state index in [0.29, 0.717) is 5.92 Å². The third kappa shape index (κ3) is 2.28. The highest BCUT2D eigenvalue weighted by molar-refractivity contribution is 7.08. The standard InChI is InChI=1S/C15H18N2S/c1-11-9-18-10-13(11)7-16-6-12-8-17-15-5-3-2-4-14(12)15/h2-5,9-10,12,16-17H,6-8H2,1H3. The summed E-state index contributed by atoms with van der Waals surface area (Å²) in [5.41, 5.74) is 5.58. The first kappa shape index (κ1) is 11.8. The van der Waals surface area contributed by atoms with Crippen molar-refractivity contribution < 1.29 is 0 Å². The van der Waals surface area contributed by atoms with Gasteiger partial charge in [-0.05, 0) is 40.4 Å². The predicted octanol–water partition coefficient (Wildman–Crippen LogP) is 3.36. The molecule has 1 aliphatic rings. The van der Waals surface area contributed by atoms with E-state index >= 15 is 0 Å². The Morgan fingerprint density at radius 3 is 3.06 bits per heavy atom. The van der Waals surface area contributed by atoms with Gasteiger partial charge in [0.1, 0.15) is 0 Å². The summed E-state index contributed by atoms with van der Waals surface area (Å²) < 4.78 is 0. The normalized spacial score (nSPS) is 17.5. The maximum absolute atomic E-state index is 3.58. The number of para-hydroxylation sites is 1. The highest BCUT2D eigenvalue weighted by Crippen LogP contribution is 2.30. The minimum atomic E-state index is 0.597. The Morgan fingerprint density at radius 2 is 2.22 bits per heavy atom. The van der Waals surface area contributed by atoms with Gasteiger partial charge in [-0.15, -0.1) is 0 Å². The van der Waals surface area contributed by atoms with Crippen molar-refractivity contribution in [1.82, 2.24) is 5.32 Å². The van der Waals surface area contributed by atoms with Crippen LogP contribution < -0.4 is 10.6 Å². The summed E-state index contributed by atoms with van der Waals surface area (Å²) in [4.78, 5) is 0. The fourth-order valence-corrected chi connectivity index (χ4v) is 3.35. The third-order valence-electron chi connectivity index (χ3n) is 3.61. The van der Waals surface area contributed by atoms with Crippen molar-refractivity contribution in [2.45, 2.75) is 19.4 Å². The summed E-state index contributed by atoms with van der Waals surface area (Å²) in [6.45, 7) is 5.25. The third-order valence-corrected chi connectivity index (χ3v) is 4.52. The predicted molar refractivity (Wildman–Crippen MR) is 78.4 cm³/mol. The van der Waals surface area contributed by atoms with E-state index in [1.165, 1.54) is 22.4 Å². The van der Waals surface area contributed by atoms with Gasteiger partial charge in [0.15, 0.2) is 0 Å². The molecule has 1 aromatic carbocycles. The first-order chi connectivity index (χ1) is 8.84. The van der Waals surface area contributed by atoms with Crippen molar-refractivity contribution in [2.24, 2.45) is 0 Å². The van der Waals surface area contributed by atoms with E-state index in [9.17, 15) is 0 Å². The van der Waals surface area contributed by atoms with Gasteiger partial charge in [-0.25, -0.2) is 0 Å². The number of rotatable bonds is 4.